The maximum Gasteiger partial charge on any atom is 0.416 e. The van der Waals surface area contributed by atoms with E-state index in [1.807, 2.05) is 0 Å². The maximum absolute atomic E-state index is 12.2. The molecule has 1 aromatic carbocycles. The molecule has 0 radical (unpaired) electrons. The molecule has 0 saturated heterocycles. The van der Waals surface area contributed by atoms with E-state index < -0.39 is 11.7 Å². The highest BCUT2D eigenvalue weighted by Gasteiger charge is 2.33. The van der Waals surface area contributed by atoms with Crippen LogP contribution in [-0.2, 0) is 0 Å². The number of rotatable bonds is 1. The van der Waals surface area contributed by atoms with Gasteiger partial charge in [-0.1, -0.05) is 24.2 Å². The molecule has 0 bridgehead atoms. The van der Waals surface area contributed by atoms with E-state index in [4.69, 9.17) is 17.3 Å². The molecule has 0 aromatic heterocycles. The molecule has 0 fully saturated rings. The van der Waals surface area contributed by atoms with Gasteiger partial charge in [-0.15, -0.1) is 0 Å². The van der Waals surface area contributed by atoms with Gasteiger partial charge in [0.05, 0.1) is 10.6 Å². The summed E-state index contributed by atoms with van der Waals surface area (Å²) < 4.78 is 36.7. The van der Waals surface area contributed by atoms with E-state index in [9.17, 15) is 13.2 Å². The van der Waals surface area contributed by atoms with E-state index in [0.29, 0.717) is 5.69 Å². The number of nitrogens with two attached hydrogens (primary N) is 1. The minimum Gasteiger partial charge on any atom is -0.399 e. The first kappa shape index (κ1) is 10.9. The Balaban J connectivity index is 3.15. The second-order valence-electron chi connectivity index (χ2n) is 2.72. The molecule has 0 aliphatic heterocycles. The number of hydrogen-bond acceptors (Lipinski definition) is 1. The quantitative estimate of drug-likeness (QED) is 0.722. The van der Waals surface area contributed by atoms with E-state index >= 15 is 0 Å². The molecule has 1 rings (SSSR count). The number of benzene rings is 1. The molecule has 0 heterocycles. The van der Waals surface area contributed by atoms with Gasteiger partial charge >= 0.3 is 6.18 Å². The SMILES string of the molecule is C=C(c1ccc(N)cc1Cl)C(F)(F)F. The van der Waals surface area contributed by atoms with Gasteiger partial charge in [0.2, 0.25) is 0 Å². The Labute approximate surface area is 84.0 Å². The maximum atomic E-state index is 12.2. The van der Waals surface area contributed by atoms with Crippen LogP contribution in [0.5, 0.6) is 0 Å². The van der Waals surface area contributed by atoms with Crippen molar-refractivity contribution >= 4 is 22.9 Å². The van der Waals surface area contributed by atoms with Crippen molar-refractivity contribution in [2.75, 3.05) is 5.73 Å². The Kier molecular flexibility index (Phi) is 2.76. The van der Waals surface area contributed by atoms with Crippen molar-refractivity contribution in [2.24, 2.45) is 0 Å². The molecule has 0 aliphatic rings. The van der Waals surface area contributed by atoms with Gasteiger partial charge in [-0.05, 0) is 12.1 Å². The van der Waals surface area contributed by atoms with Crippen LogP contribution in [0.4, 0.5) is 18.9 Å². The molecule has 76 valence electrons. The van der Waals surface area contributed by atoms with Gasteiger partial charge in [0.15, 0.2) is 0 Å². The van der Waals surface area contributed by atoms with E-state index in [0.717, 1.165) is 0 Å². The van der Waals surface area contributed by atoms with Gasteiger partial charge in [-0.2, -0.15) is 13.2 Å². The topological polar surface area (TPSA) is 26.0 Å². The van der Waals surface area contributed by atoms with Crippen molar-refractivity contribution in [1.82, 2.24) is 0 Å². The zero-order chi connectivity index (χ0) is 10.9. The monoisotopic (exact) mass is 221 g/mol. The van der Waals surface area contributed by atoms with Crippen LogP contribution in [0.25, 0.3) is 5.57 Å². The van der Waals surface area contributed by atoms with Crippen LogP contribution in [-0.4, -0.2) is 6.18 Å². The molecule has 14 heavy (non-hydrogen) atoms. The van der Waals surface area contributed by atoms with Crippen LogP contribution in [0.3, 0.4) is 0 Å². The highest BCUT2D eigenvalue weighted by atomic mass is 35.5. The Morgan fingerprint density at radius 3 is 2.36 bits per heavy atom. The summed E-state index contributed by atoms with van der Waals surface area (Å²) in [7, 11) is 0. The first-order chi connectivity index (χ1) is 6.32. The molecule has 5 heteroatoms. The number of hydrogen-bond donors (Lipinski definition) is 1. The average molecular weight is 222 g/mol. The lowest BCUT2D eigenvalue weighted by Crippen LogP contribution is -2.09. The summed E-state index contributed by atoms with van der Waals surface area (Å²) in [5, 5.41) is -0.0488. The summed E-state index contributed by atoms with van der Waals surface area (Å²) >= 11 is 5.59. The van der Waals surface area contributed by atoms with Crippen molar-refractivity contribution in [3.05, 3.63) is 35.4 Å². The predicted octanol–water partition coefficient (Wildman–Crippen LogP) is 3.50. The lowest BCUT2D eigenvalue weighted by Gasteiger charge is -2.11. The Morgan fingerprint density at radius 2 is 1.93 bits per heavy atom. The fourth-order valence-corrected chi connectivity index (χ4v) is 1.23. The van der Waals surface area contributed by atoms with Gasteiger partial charge in [0, 0.05) is 11.3 Å². The Morgan fingerprint density at radius 1 is 1.36 bits per heavy atom. The van der Waals surface area contributed by atoms with Crippen LogP contribution >= 0.6 is 11.6 Å². The van der Waals surface area contributed by atoms with Gasteiger partial charge in [-0.25, -0.2) is 0 Å². The summed E-state index contributed by atoms with van der Waals surface area (Å²) in [5.74, 6) is 0. The molecule has 0 unspecified atom stereocenters. The number of alkyl halides is 3. The minimum absolute atomic E-state index is 0.0488. The zero-order valence-corrected chi connectivity index (χ0v) is 7.78. The highest BCUT2D eigenvalue weighted by Crippen LogP contribution is 2.36. The third-order valence-corrected chi connectivity index (χ3v) is 1.97. The standard InChI is InChI=1S/C9H7ClF3N/c1-5(9(11,12)13)7-3-2-6(14)4-8(7)10/h2-4H,1,14H2. The van der Waals surface area contributed by atoms with Crippen LogP contribution in [0.2, 0.25) is 5.02 Å². The van der Waals surface area contributed by atoms with Gasteiger partial charge < -0.3 is 5.73 Å². The van der Waals surface area contributed by atoms with Crippen LogP contribution in [0.1, 0.15) is 5.56 Å². The number of allylic oxidation sites excluding steroid dienone is 1. The molecule has 0 amide bonds. The van der Waals surface area contributed by atoms with E-state index in [2.05, 4.69) is 6.58 Å². The Hall–Kier alpha value is -1.16. The van der Waals surface area contributed by atoms with Crippen LogP contribution in [0, 0.1) is 0 Å². The molecule has 1 nitrogen and oxygen atoms in total. The highest BCUT2D eigenvalue weighted by molar-refractivity contribution is 6.32. The van der Waals surface area contributed by atoms with Crippen molar-refractivity contribution < 1.29 is 13.2 Å². The Bertz CT molecular complexity index is 371. The number of halogens is 4. The lowest BCUT2D eigenvalue weighted by molar-refractivity contribution is -0.0686. The third-order valence-electron chi connectivity index (χ3n) is 1.66. The molecular formula is C9H7ClF3N. The van der Waals surface area contributed by atoms with Gasteiger partial charge in [0.25, 0.3) is 0 Å². The normalized spacial score (nSPS) is 11.4. The molecule has 0 saturated carbocycles. The number of anilines is 1. The number of nitrogen functional groups attached to an aromatic ring is 1. The summed E-state index contributed by atoms with van der Waals surface area (Å²) in [5.41, 5.74) is 4.54. The third kappa shape index (κ3) is 2.20. The second kappa shape index (κ2) is 3.53. The minimum atomic E-state index is -4.47. The van der Waals surface area contributed by atoms with Crippen molar-refractivity contribution in [3.63, 3.8) is 0 Å². The first-order valence-corrected chi connectivity index (χ1v) is 4.01. The van der Waals surface area contributed by atoms with Crippen molar-refractivity contribution in [2.45, 2.75) is 6.18 Å². The van der Waals surface area contributed by atoms with E-state index in [-0.39, 0.29) is 10.6 Å². The molecule has 0 atom stereocenters. The van der Waals surface area contributed by atoms with Gasteiger partial charge in [-0.3, -0.25) is 0 Å². The summed E-state index contributed by atoms with van der Waals surface area (Å²) in [4.78, 5) is 0. The fraction of sp³-hybridized carbons (Fsp3) is 0.111. The van der Waals surface area contributed by atoms with E-state index in [1.54, 1.807) is 0 Å². The van der Waals surface area contributed by atoms with Crippen molar-refractivity contribution in [3.8, 4) is 0 Å². The fourth-order valence-electron chi connectivity index (χ4n) is 0.929. The summed E-state index contributed by atoms with van der Waals surface area (Å²) in [6, 6.07) is 3.80. The summed E-state index contributed by atoms with van der Waals surface area (Å²) in [6.45, 7) is 2.94. The zero-order valence-electron chi connectivity index (χ0n) is 7.03. The van der Waals surface area contributed by atoms with Crippen molar-refractivity contribution in [1.29, 1.82) is 0 Å². The van der Waals surface area contributed by atoms with Crippen LogP contribution < -0.4 is 5.73 Å². The van der Waals surface area contributed by atoms with E-state index in [1.165, 1.54) is 18.2 Å². The smallest absolute Gasteiger partial charge is 0.399 e. The average Bonchev–Trinajstić information content (AvgIpc) is 2.01. The summed E-state index contributed by atoms with van der Waals surface area (Å²) in [6.07, 6.45) is -4.47. The molecule has 0 spiro atoms. The predicted molar refractivity (Wildman–Crippen MR) is 51.0 cm³/mol. The first-order valence-electron chi connectivity index (χ1n) is 3.64. The molecule has 1 aromatic rings. The van der Waals surface area contributed by atoms with Crippen LogP contribution in [0.15, 0.2) is 24.8 Å². The molecular weight excluding hydrogens is 215 g/mol. The van der Waals surface area contributed by atoms with Gasteiger partial charge in [0.1, 0.15) is 0 Å². The molecule has 0 aliphatic carbocycles. The second-order valence-corrected chi connectivity index (χ2v) is 3.12. The molecule has 2 N–H and O–H groups in total. The lowest BCUT2D eigenvalue weighted by atomic mass is 10.1. The largest absolute Gasteiger partial charge is 0.416 e.